The van der Waals surface area contributed by atoms with Gasteiger partial charge in [-0.1, -0.05) is 6.07 Å². The molecule has 4 heteroatoms. The van der Waals surface area contributed by atoms with E-state index >= 15 is 0 Å². The van der Waals surface area contributed by atoms with Crippen LogP contribution in [0.5, 0.6) is 0 Å². The van der Waals surface area contributed by atoms with E-state index in [0.29, 0.717) is 23.1 Å². The van der Waals surface area contributed by atoms with Crippen molar-refractivity contribution in [3.63, 3.8) is 0 Å². The fraction of sp³-hybridized carbons (Fsp3) is 0.0909. The molecule has 2 nitrogen and oxygen atoms in total. The molecule has 2 rings (SSSR count). The Morgan fingerprint density at radius 2 is 2.07 bits per heavy atom. The molecule has 2 N–H and O–H groups in total. The molecule has 0 radical (unpaired) electrons. The maximum Gasteiger partial charge on any atom is 0.193 e. The zero-order chi connectivity index (χ0) is 10.8. The summed E-state index contributed by atoms with van der Waals surface area (Å²) in [6.07, 6.45) is 0.513. The molecular formula is C11H9ClFNO. The highest BCUT2D eigenvalue weighted by Crippen LogP contribution is 2.20. The van der Waals surface area contributed by atoms with E-state index in [1.165, 1.54) is 12.1 Å². The van der Waals surface area contributed by atoms with Crippen molar-refractivity contribution in [2.75, 3.05) is 5.73 Å². The van der Waals surface area contributed by atoms with Crippen LogP contribution < -0.4 is 5.73 Å². The molecule has 1 aromatic carbocycles. The molecule has 0 aliphatic carbocycles. The van der Waals surface area contributed by atoms with Crippen molar-refractivity contribution in [2.45, 2.75) is 6.42 Å². The molecule has 0 aliphatic heterocycles. The van der Waals surface area contributed by atoms with Gasteiger partial charge >= 0.3 is 0 Å². The van der Waals surface area contributed by atoms with Crippen molar-refractivity contribution in [3.8, 4) is 0 Å². The van der Waals surface area contributed by atoms with E-state index in [1.807, 2.05) is 0 Å². The molecule has 0 saturated heterocycles. The largest absolute Gasteiger partial charge is 0.449 e. The maximum atomic E-state index is 12.8. The number of hydrogen-bond donors (Lipinski definition) is 1. The lowest BCUT2D eigenvalue weighted by atomic mass is 10.1. The molecule has 15 heavy (non-hydrogen) atoms. The van der Waals surface area contributed by atoms with Gasteiger partial charge < -0.3 is 10.2 Å². The third-order valence-corrected chi connectivity index (χ3v) is 2.30. The smallest absolute Gasteiger partial charge is 0.193 e. The van der Waals surface area contributed by atoms with Gasteiger partial charge in [0, 0.05) is 12.1 Å². The fourth-order valence-electron chi connectivity index (χ4n) is 1.36. The zero-order valence-corrected chi connectivity index (χ0v) is 8.59. The number of nitrogens with two attached hydrogens (primary N) is 1. The van der Waals surface area contributed by atoms with Gasteiger partial charge in [0.05, 0.1) is 0 Å². The number of furan rings is 1. The fourth-order valence-corrected chi connectivity index (χ4v) is 1.52. The van der Waals surface area contributed by atoms with E-state index in [1.54, 1.807) is 18.2 Å². The minimum absolute atomic E-state index is 0.339. The number of benzene rings is 1. The molecule has 0 amide bonds. The van der Waals surface area contributed by atoms with Crippen LogP contribution in [0.1, 0.15) is 11.3 Å². The monoisotopic (exact) mass is 225 g/mol. The van der Waals surface area contributed by atoms with Crippen molar-refractivity contribution in [3.05, 3.63) is 52.7 Å². The number of nitrogen functional groups attached to an aromatic ring is 1. The van der Waals surface area contributed by atoms with Crippen LogP contribution in [0.3, 0.4) is 0 Å². The van der Waals surface area contributed by atoms with Crippen molar-refractivity contribution >= 4 is 17.3 Å². The molecule has 0 fully saturated rings. The van der Waals surface area contributed by atoms with Gasteiger partial charge in [0.25, 0.3) is 0 Å². The second kappa shape index (κ2) is 3.95. The zero-order valence-electron chi connectivity index (χ0n) is 7.84. The van der Waals surface area contributed by atoms with E-state index in [4.69, 9.17) is 21.8 Å². The second-order valence-corrected chi connectivity index (χ2v) is 3.60. The van der Waals surface area contributed by atoms with E-state index < -0.39 is 0 Å². The summed E-state index contributed by atoms with van der Waals surface area (Å²) in [5.41, 5.74) is 6.90. The van der Waals surface area contributed by atoms with Crippen molar-refractivity contribution in [1.29, 1.82) is 0 Å². The van der Waals surface area contributed by atoms with Crippen LogP contribution in [0.2, 0.25) is 5.22 Å². The quantitative estimate of drug-likeness (QED) is 0.797. The van der Waals surface area contributed by atoms with Crippen molar-refractivity contribution in [1.82, 2.24) is 0 Å². The van der Waals surface area contributed by atoms with Gasteiger partial charge in [0.1, 0.15) is 11.6 Å². The van der Waals surface area contributed by atoms with E-state index in [2.05, 4.69) is 0 Å². The van der Waals surface area contributed by atoms with Crippen LogP contribution in [-0.2, 0) is 6.42 Å². The van der Waals surface area contributed by atoms with Gasteiger partial charge in [0.15, 0.2) is 5.22 Å². The Morgan fingerprint density at radius 1 is 1.27 bits per heavy atom. The van der Waals surface area contributed by atoms with E-state index in [-0.39, 0.29) is 5.82 Å². The summed E-state index contributed by atoms with van der Waals surface area (Å²) < 4.78 is 18.0. The van der Waals surface area contributed by atoms with E-state index in [9.17, 15) is 4.39 Å². The standard InChI is InChI=1S/C11H9ClFNO/c12-11-4-3-9(15-11)5-7-1-2-8(13)6-10(7)14/h1-4,6H,5,14H2. The average Bonchev–Trinajstić information content (AvgIpc) is 2.56. The predicted molar refractivity (Wildman–Crippen MR) is 57.3 cm³/mol. The number of hydrogen-bond acceptors (Lipinski definition) is 2. The maximum absolute atomic E-state index is 12.8. The minimum atomic E-state index is -0.339. The topological polar surface area (TPSA) is 39.2 Å². The van der Waals surface area contributed by atoms with Crippen LogP contribution in [0.15, 0.2) is 34.7 Å². The van der Waals surface area contributed by atoms with Gasteiger partial charge in [-0.15, -0.1) is 0 Å². The molecule has 1 heterocycles. The molecule has 0 saturated carbocycles. The van der Waals surface area contributed by atoms with Gasteiger partial charge in [-0.25, -0.2) is 4.39 Å². The Bertz CT molecular complexity index is 481. The first kappa shape index (κ1) is 10.1. The SMILES string of the molecule is Nc1cc(F)ccc1Cc1ccc(Cl)o1. The lowest BCUT2D eigenvalue weighted by Crippen LogP contribution is -1.95. The second-order valence-electron chi connectivity index (χ2n) is 3.23. The van der Waals surface area contributed by atoms with Crippen LogP contribution in [0.4, 0.5) is 10.1 Å². The lowest BCUT2D eigenvalue weighted by Gasteiger charge is -2.03. The summed E-state index contributed by atoms with van der Waals surface area (Å²) in [5, 5.41) is 0.339. The summed E-state index contributed by atoms with van der Waals surface area (Å²) in [5.74, 6) is 0.368. The molecule has 0 unspecified atom stereocenters. The molecule has 0 bridgehead atoms. The summed E-state index contributed by atoms with van der Waals surface area (Å²) in [7, 11) is 0. The Hall–Kier alpha value is -1.48. The normalized spacial score (nSPS) is 10.5. The molecule has 78 valence electrons. The summed E-state index contributed by atoms with van der Waals surface area (Å²) >= 11 is 5.63. The third kappa shape index (κ3) is 2.30. The van der Waals surface area contributed by atoms with Gasteiger partial charge in [-0.05, 0) is 41.4 Å². The Kier molecular flexibility index (Phi) is 2.64. The Morgan fingerprint density at radius 3 is 2.67 bits per heavy atom. The van der Waals surface area contributed by atoms with Gasteiger partial charge in [-0.3, -0.25) is 0 Å². The molecule has 2 aromatic rings. The first-order valence-corrected chi connectivity index (χ1v) is 4.81. The highest BCUT2D eigenvalue weighted by Gasteiger charge is 2.05. The summed E-state index contributed by atoms with van der Waals surface area (Å²) in [6, 6.07) is 7.74. The van der Waals surface area contributed by atoms with Crippen molar-refractivity contribution < 1.29 is 8.81 Å². The molecule has 0 spiro atoms. The Labute approximate surface area is 91.5 Å². The minimum Gasteiger partial charge on any atom is -0.449 e. The first-order valence-electron chi connectivity index (χ1n) is 4.43. The number of halogens is 2. The van der Waals surface area contributed by atoms with Gasteiger partial charge in [0.2, 0.25) is 0 Å². The molecule has 1 aromatic heterocycles. The third-order valence-electron chi connectivity index (χ3n) is 2.10. The highest BCUT2D eigenvalue weighted by molar-refractivity contribution is 6.28. The van der Waals surface area contributed by atoms with E-state index in [0.717, 1.165) is 5.56 Å². The van der Waals surface area contributed by atoms with Crippen molar-refractivity contribution in [2.24, 2.45) is 0 Å². The average molecular weight is 226 g/mol. The molecular weight excluding hydrogens is 217 g/mol. The number of rotatable bonds is 2. The highest BCUT2D eigenvalue weighted by atomic mass is 35.5. The summed E-state index contributed by atoms with van der Waals surface area (Å²) in [4.78, 5) is 0. The van der Waals surface area contributed by atoms with Crippen LogP contribution >= 0.6 is 11.6 Å². The van der Waals surface area contributed by atoms with Gasteiger partial charge in [-0.2, -0.15) is 0 Å². The van der Waals surface area contributed by atoms with Crippen LogP contribution in [0, 0.1) is 5.82 Å². The van der Waals surface area contributed by atoms with Crippen LogP contribution in [-0.4, -0.2) is 0 Å². The molecule has 0 aliphatic rings. The molecule has 0 atom stereocenters. The first-order chi connectivity index (χ1) is 7.15. The van der Waals surface area contributed by atoms with Crippen LogP contribution in [0.25, 0.3) is 0 Å². The number of anilines is 1. The Balaban J connectivity index is 2.24. The summed E-state index contributed by atoms with van der Waals surface area (Å²) in [6.45, 7) is 0. The predicted octanol–water partition coefficient (Wildman–Crippen LogP) is 3.25. The lowest BCUT2D eigenvalue weighted by molar-refractivity contribution is 0.523.